The lowest BCUT2D eigenvalue weighted by Crippen LogP contribution is -2.24. The number of amides is 2. The molecule has 0 atom stereocenters. The molecule has 0 saturated heterocycles. The van der Waals surface area contributed by atoms with Gasteiger partial charge in [0.15, 0.2) is 0 Å². The molecule has 0 N–H and O–H groups in total. The minimum atomic E-state index is -0.345. The van der Waals surface area contributed by atoms with Gasteiger partial charge in [0.2, 0.25) is 0 Å². The van der Waals surface area contributed by atoms with Gasteiger partial charge in [-0.3, -0.25) is 14.5 Å². The predicted octanol–water partition coefficient (Wildman–Crippen LogP) is 3.39. The fourth-order valence-corrected chi connectivity index (χ4v) is 2.40. The van der Waals surface area contributed by atoms with Crippen molar-refractivity contribution in [3.63, 3.8) is 0 Å². The van der Waals surface area contributed by atoms with Gasteiger partial charge in [-0.15, -0.1) is 5.11 Å². The van der Waals surface area contributed by atoms with Crippen LogP contribution in [0.3, 0.4) is 0 Å². The monoisotopic (exact) mass is 308 g/mol. The van der Waals surface area contributed by atoms with Crippen molar-refractivity contribution in [3.8, 4) is 0 Å². The van der Waals surface area contributed by atoms with Gasteiger partial charge in [0.25, 0.3) is 11.8 Å². The van der Waals surface area contributed by atoms with Gasteiger partial charge >= 0.3 is 0 Å². The summed E-state index contributed by atoms with van der Waals surface area (Å²) >= 11 is 0. The molecule has 0 bridgehead atoms. The molecule has 1 aliphatic heterocycles. The lowest BCUT2D eigenvalue weighted by molar-refractivity contribution is 0.0693. The first-order chi connectivity index (χ1) is 11.0. The number of azo groups is 1. The molecule has 0 radical (unpaired) electrons. The molecule has 0 aliphatic carbocycles. The molecule has 0 fully saturated rings. The minimum absolute atomic E-state index is 0.308. The average molecular weight is 308 g/mol. The smallest absolute Gasteiger partial charge is 0.263 e. The van der Waals surface area contributed by atoms with Crippen molar-refractivity contribution in [1.29, 1.82) is 0 Å². The summed E-state index contributed by atoms with van der Waals surface area (Å²) in [5.41, 5.74) is 2.83. The van der Waals surface area contributed by atoms with Gasteiger partial charge in [0.1, 0.15) is 0 Å². The summed E-state index contributed by atoms with van der Waals surface area (Å²) in [5, 5.41) is 8.32. The Labute approximate surface area is 134 Å². The van der Waals surface area contributed by atoms with E-state index >= 15 is 0 Å². The first kappa shape index (κ1) is 14.9. The molecule has 6 nitrogen and oxygen atoms in total. The lowest BCUT2D eigenvalue weighted by atomic mass is 10.1. The topological polar surface area (TPSA) is 65.3 Å². The Morgan fingerprint density at radius 1 is 0.913 bits per heavy atom. The number of nitrogens with zero attached hydrogens (tertiary/aromatic N) is 4. The van der Waals surface area contributed by atoms with E-state index in [9.17, 15) is 9.59 Å². The Bertz CT molecular complexity index is 810. The zero-order chi connectivity index (χ0) is 16.6. The van der Waals surface area contributed by atoms with E-state index in [1.807, 2.05) is 43.3 Å². The highest BCUT2D eigenvalue weighted by molar-refractivity contribution is 6.23. The molecule has 0 unspecified atom stereocenters. The molecule has 0 spiro atoms. The van der Waals surface area contributed by atoms with Gasteiger partial charge in [-0.1, -0.05) is 6.07 Å². The lowest BCUT2D eigenvalue weighted by Gasteiger charge is -2.11. The van der Waals surface area contributed by atoms with Gasteiger partial charge in [-0.25, -0.2) is 0 Å². The van der Waals surface area contributed by atoms with Crippen LogP contribution in [0.1, 0.15) is 20.7 Å². The molecule has 2 aromatic carbocycles. The van der Waals surface area contributed by atoms with E-state index in [1.54, 1.807) is 18.2 Å². The van der Waals surface area contributed by atoms with E-state index in [2.05, 4.69) is 10.2 Å². The van der Waals surface area contributed by atoms with Crippen molar-refractivity contribution in [2.75, 3.05) is 26.0 Å². The van der Waals surface area contributed by atoms with Crippen LogP contribution in [0.5, 0.6) is 0 Å². The van der Waals surface area contributed by atoms with Gasteiger partial charge < -0.3 is 4.90 Å². The molecule has 1 heterocycles. The van der Waals surface area contributed by atoms with Crippen LogP contribution in [0.15, 0.2) is 52.7 Å². The van der Waals surface area contributed by atoms with Crippen LogP contribution in [0.2, 0.25) is 0 Å². The number of benzene rings is 2. The van der Waals surface area contributed by atoms with Crippen LogP contribution in [-0.4, -0.2) is 37.9 Å². The first-order valence-electron chi connectivity index (χ1n) is 7.13. The number of hydrogen-bond acceptors (Lipinski definition) is 5. The molecule has 2 amide bonds. The van der Waals surface area contributed by atoms with Crippen LogP contribution < -0.4 is 4.90 Å². The van der Waals surface area contributed by atoms with E-state index < -0.39 is 0 Å². The standard InChI is InChI=1S/C17H16N4O2/c1-20(2)12-9-7-11(8-10-12)18-19-14-6-4-5-13-15(14)17(23)21(3)16(13)22/h4-10H,1-3H3. The number of imide groups is 1. The maximum absolute atomic E-state index is 12.2. The third-order valence-electron chi connectivity index (χ3n) is 3.74. The fourth-order valence-electron chi connectivity index (χ4n) is 2.40. The van der Waals surface area contributed by atoms with Crippen LogP contribution in [0, 0.1) is 0 Å². The second-order valence-corrected chi connectivity index (χ2v) is 5.48. The number of anilines is 1. The first-order valence-corrected chi connectivity index (χ1v) is 7.13. The molecule has 0 aromatic heterocycles. The Hall–Kier alpha value is -3.02. The van der Waals surface area contributed by atoms with Crippen molar-refractivity contribution in [1.82, 2.24) is 4.90 Å². The Morgan fingerprint density at radius 2 is 1.61 bits per heavy atom. The Kier molecular flexibility index (Phi) is 3.65. The maximum atomic E-state index is 12.2. The average Bonchev–Trinajstić information content (AvgIpc) is 2.78. The van der Waals surface area contributed by atoms with Gasteiger partial charge in [-0.2, -0.15) is 5.11 Å². The van der Waals surface area contributed by atoms with Crippen molar-refractivity contribution in [2.24, 2.45) is 10.2 Å². The van der Waals surface area contributed by atoms with Gasteiger partial charge in [0.05, 0.1) is 22.5 Å². The van der Waals surface area contributed by atoms with Crippen molar-refractivity contribution in [3.05, 3.63) is 53.6 Å². The Balaban J connectivity index is 1.93. The van der Waals surface area contributed by atoms with E-state index in [-0.39, 0.29) is 11.8 Å². The van der Waals surface area contributed by atoms with Crippen LogP contribution >= 0.6 is 0 Å². The summed E-state index contributed by atoms with van der Waals surface area (Å²) in [6.45, 7) is 0. The second kappa shape index (κ2) is 5.64. The van der Waals surface area contributed by atoms with Crippen molar-refractivity contribution in [2.45, 2.75) is 0 Å². The molecular formula is C17H16N4O2. The minimum Gasteiger partial charge on any atom is -0.378 e. The number of fused-ring (bicyclic) bond motifs is 1. The van der Waals surface area contributed by atoms with E-state index in [1.165, 1.54) is 7.05 Å². The summed E-state index contributed by atoms with van der Waals surface area (Å²) < 4.78 is 0. The Morgan fingerprint density at radius 3 is 2.26 bits per heavy atom. The molecule has 3 rings (SSSR count). The fraction of sp³-hybridized carbons (Fsp3) is 0.176. The van der Waals surface area contributed by atoms with Crippen molar-refractivity contribution >= 4 is 28.9 Å². The number of carbonyl (C=O) groups excluding carboxylic acids is 2. The third kappa shape index (κ3) is 2.59. The van der Waals surface area contributed by atoms with Gasteiger partial charge in [0, 0.05) is 26.8 Å². The quantitative estimate of drug-likeness (QED) is 0.645. The second-order valence-electron chi connectivity index (χ2n) is 5.48. The molecule has 2 aromatic rings. The highest BCUT2D eigenvalue weighted by Gasteiger charge is 2.34. The third-order valence-corrected chi connectivity index (χ3v) is 3.74. The molecule has 1 aliphatic rings. The summed E-state index contributed by atoms with van der Waals surface area (Å²) in [5.74, 6) is -0.653. The largest absolute Gasteiger partial charge is 0.378 e. The number of rotatable bonds is 3. The van der Waals surface area contributed by atoms with Crippen LogP contribution in [0.25, 0.3) is 0 Å². The predicted molar refractivity (Wildman–Crippen MR) is 87.8 cm³/mol. The zero-order valence-electron chi connectivity index (χ0n) is 13.1. The maximum Gasteiger partial charge on any atom is 0.263 e. The van der Waals surface area contributed by atoms with Crippen LogP contribution in [0.4, 0.5) is 17.1 Å². The number of carbonyl (C=O) groups is 2. The number of hydrogen-bond donors (Lipinski definition) is 0. The molecule has 6 heteroatoms. The highest BCUT2D eigenvalue weighted by Crippen LogP contribution is 2.31. The van der Waals surface area contributed by atoms with Gasteiger partial charge in [-0.05, 0) is 36.4 Å². The summed E-state index contributed by atoms with van der Waals surface area (Å²) in [7, 11) is 5.39. The van der Waals surface area contributed by atoms with E-state index in [0.717, 1.165) is 10.6 Å². The summed E-state index contributed by atoms with van der Waals surface area (Å²) in [4.78, 5) is 27.2. The van der Waals surface area contributed by atoms with Crippen molar-refractivity contribution < 1.29 is 9.59 Å². The van der Waals surface area contributed by atoms with E-state index in [0.29, 0.717) is 22.5 Å². The van der Waals surface area contributed by atoms with E-state index in [4.69, 9.17) is 0 Å². The summed E-state index contributed by atoms with van der Waals surface area (Å²) in [6.07, 6.45) is 0. The van der Waals surface area contributed by atoms with Crippen LogP contribution in [-0.2, 0) is 0 Å². The molecule has 0 saturated carbocycles. The molecular weight excluding hydrogens is 292 g/mol. The summed E-state index contributed by atoms with van der Waals surface area (Å²) in [6, 6.07) is 12.6. The highest BCUT2D eigenvalue weighted by atomic mass is 16.2. The normalized spacial score (nSPS) is 13.8. The SMILES string of the molecule is CN1C(=O)c2cccc(N=Nc3ccc(N(C)C)cc3)c2C1=O. The zero-order valence-corrected chi connectivity index (χ0v) is 13.1. The molecule has 116 valence electrons. The molecule has 23 heavy (non-hydrogen) atoms.